The van der Waals surface area contributed by atoms with Gasteiger partial charge in [0, 0.05) is 12.0 Å². The third-order valence-electron chi connectivity index (χ3n) is 8.22. The van der Waals surface area contributed by atoms with Crippen LogP contribution >= 0.6 is 11.3 Å². The van der Waals surface area contributed by atoms with Crippen LogP contribution in [0.4, 0.5) is 5.13 Å². The number of amides is 1. The van der Waals surface area contributed by atoms with Gasteiger partial charge in [0.2, 0.25) is 0 Å². The normalized spacial score (nSPS) is 18.3. The minimum Gasteiger partial charge on any atom is -0.507 e. The summed E-state index contributed by atoms with van der Waals surface area (Å²) in [5.41, 5.74) is 3.49. The van der Waals surface area contributed by atoms with Gasteiger partial charge in [-0.15, -0.1) is 0 Å². The maximum atomic E-state index is 13.9. The number of hydrogen-bond acceptors (Lipinski definition) is 9. The van der Waals surface area contributed by atoms with Crippen LogP contribution in [0.2, 0.25) is 0 Å². The molecule has 0 radical (unpaired) electrons. The van der Waals surface area contributed by atoms with E-state index in [1.54, 1.807) is 30.3 Å². The molecule has 4 aromatic carbocycles. The maximum absolute atomic E-state index is 13.9. The average Bonchev–Trinajstić information content (AvgIpc) is 3.75. The lowest BCUT2D eigenvalue weighted by molar-refractivity contribution is -0.132. The van der Waals surface area contributed by atoms with Gasteiger partial charge in [0.05, 0.1) is 35.5 Å². The smallest absolute Gasteiger partial charge is 0.301 e. The second-order valence-corrected chi connectivity index (χ2v) is 12.4. The second kappa shape index (κ2) is 12.4. The third-order valence-corrected chi connectivity index (χ3v) is 9.24. The Balaban J connectivity index is 1.34. The molecule has 2 unspecified atom stereocenters. The lowest BCUT2D eigenvalue weighted by Crippen LogP contribution is -2.29. The first kappa shape index (κ1) is 30.3. The Morgan fingerprint density at radius 2 is 1.83 bits per heavy atom. The van der Waals surface area contributed by atoms with Gasteiger partial charge in [-0.1, -0.05) is 47.7 Å². The molecule has 1 amide bonds. The molecule has 0 saturated carbocycles. The molecule has 1 fully saturated rings. The van der Waals surface area contributed by atoms with Gasteiger partial charge in [-0.25, -0.2) is 4.98 Å². The zero-order valence-electron chi connectivity index (χ0n) is 26.1. The molecule has 0 aliphatic carbocycles. The molecule has 0 bridgehead atoms. The summed E-state index contributed by atoms with van der Waals surface area (Å²) < 4.78 is 24.1. The van der Waals surface area contributed by atoms with E-state index in [4.69, 9.17) is 23.9 Å². The molecule has 7 rings (SSSR count). The fourth-order valence-electron chi connectivity index (χ4n) is 6.03. The molecule has 2 atom stereocenters. The van der Waals surface area contributed by atoms with Gasteiger partial charge < -0.3 is 24.1 Å². The molecular weight excluding hydrogens is 616 g/mol. The number of benzene rings is 4. The fraction of sp³-hybridized carbons (Fsp3) is 0.216. The molecule has 1 saturated heterocycles. The Hall–Kier alpha value is -5.35. The molecule has 5 aromatic rings. The SMILES string of the molecule is CCOc1ccc2nc(N3C(=O)C(=O)/C(=C(\O)c4ccc5c(c4)CC(C)O5)C3c3ccc(OCc4ccccc4)c(OC)c3)sc2c1. The first-order chi connectivity index (χ1) is 22.8. The summed E-state index contributed by atoms with van der Waals surface area (Å²) >= 11 is 1.27. The molecule has 2 aliphatic rings. The summed E-state index contributed by atoms with van der Waals surface area (Å²) in [6.07, 6.45) is 0.677. The number of carbonyl (C=O) groups is 2. The first-order valence-electron chi connectivity index (χ1n) is 15.3. The Morgan fingerprint density at radius 1 is 1.00 bits per heavy atom. The highest BCUT2D eigenvalue weighted by atomic mass is 32.1. The number of Topliss-reactive ketones (excluding diaryl/α,β-unsaturated/α-hetero) is 1. The number of aliphatic hydroxyl groups is 1. The van der Waals surface area contributed by atoms with Crippen LogP contribution in [0.3, 0.4) is 0 Å². The molecular formula is C37H32N2O7S. The highest BCUT2D eigenvalue weighted by Gasteiger charge is 2.48. The molecule has 9 nitrogen and oxygen atoms in total. The van der Waals surface area contributed by atoms with Gasteiger partial charge in [0.15, 0.2) is 16.6 Å². The summed E-state index contributed by atoms with van der Waals surface area (Å²) in [6, 6.07) is 24.8. The molecule has 238 valence electrons. The number of ether oxygens (including phenoxy) is 4. The highest BCUT2D eigenvalue weighted by molar-refractivity contribution is 7.22. The van der Waals surface area contributed by atoms with Crippen molar-refractivity contribution in [3.8, 4) is 23.0 Å². The third kappa shape index (κ3) is 5.65. The monoisotopic (exact) mass is 648 g/mol. The molecule has 47 heavy (non-hydrogen) atoms. The van der Waals surface area contributed by atoms with E-state index in [1.807, 2.05) is 68.4 Å². The minimum absolute atomic E-state index is 0.00495. The van der Waals surface area contributed by atoms with Crippen LogP contribution in [0.15, 0.2) is 90.5 Å². The van der Waals surface area contributed by atoms with Crippen molar-refractivity contribution in [2.75, 3.05) is 18.6 Å². The molecule has 1 N–H and O–H groups in total. The number of ketones is 1. The number of nitrogens with zero attached hydrogens (tertiary/aromatic N) is 2. The number of thiazole rings is 1. The number of carbonyl (C=O) groups excluding carboxylic acids is 2. The van der Waals surface area contributed by atoms with Crippen molar-refractivity contribution in [2.24, 2.45) is 0 Å². The van der Waals surface area contributed by atoms with Crippen molar-refractivity contribution in [3.05, 3.63) is 113 Å². The van der Waals surface area contributed by atoms with E-state index < -0.39 is 17.7 Å². The van der Waals surface area contributed by atoms with Crippen molar-refractivity contribution >= 4 is 44.1 Å². The van der Waals surface area contributed by atoms with Crippen molar-refractivity contribution in [1.29, 1.82) is 0 Å². The van der Waals surface area contributed by atoms with Crippen LogP contribution < -0.4 is 23.8 Å². The van der Waals surface area contributed by atoms with E-state index in [0.717, 1.165) is 21.6 Å². The standard InChI is InChI=1S/C37H32N2O7S/c1-4-44-26-12-13-27-31(19-26)47-37(38-27)39-33(23-10-15-29(30(18-23)43-3)45-20-22-8-6-5-7-9-22)32(35(41)36(39)42)34(40)24-11-14-28-25(17-24)16-21(2)46-28/h5-15,17-19,21,33,40H,4,16,20H2,1-3H3/b34-32-. The highest BCUT2D eigenvalue weighted by Crippen LogP contribution is 2.46. The second-order valence-electron chi connectivity index (χ2n) is 11.4. The number of fused-ring (bicyclic) bond motifs is 2. The van der Waals surface area contributed by atoms with Gasteiger partial charge in [-0.3, -0.25) is 14.5 Å². The van der Waals surface area contributed by atoms with E-state index in [9.17, 15) is 14.7 Å². The Labute approximate surface area is 275 Å². The lowest BCUT2D eigenvalue weighted by Gasteiger charge is -2.24. The van der Waals surface area contributed by atoms with Crippen LogP contribution in [-0.2, 0) is 22.6 Å². The van der Waals surface area contributed by atoms with Crippen molar-refractivity contribution in [1.82, 2.24) is 4.98 Å². The van der Waals surface area contributed by atoms with Crippen LogP contribution in [0.5, 0.6) is 23.0 Å². The predicted octanol–water partition coefficient (Wildman–Crippen LogP) is 7.23. The van der Waals surface area contributed by atoms with E-state index in [2.05, 4.69) is 0 Å². The topological polar surface area (TPSA) is 107 Å². The van der Waals surface area contributed by atoms with Crippen LogP contribution in [0.25, 0.3) is 16.0 Å². The number of methoxy groups -OCH3 is 1. The molecule has 1 aromatic heterocycles. The minimum atomic E-state index is -0.998. The van der Waals surface area contributed by atoms with Gasteiger partial charge in [-0.2, -0.15) is 0 Å². The predicted molar refractivity (Wildman–Crippen MR) is 180 cm³/mol. The van der Waals surface area contributed by atoms with E-state index >= 15 is 0 Å². The van der Waals surface area contributed by atoms with Crippen molar-refractivity contribution < 1.29 is 33.6 Å². The summed E-state index contributed by atoms with van der Waals surface area (Å²) in [7, 11) is 1.53. The van der Waals surface area contributed by atoms with Crippen LogP contribution in [0, 0.1) is 0 Å². The number of rotatable bonds is 9. The zero-order valence-corrected chi connectivity index (χ0v) is 26.9. The summed E-state index contributed by atoms with van der Waals surface area (Å²) in [5, 5.41) is 12.1. The first-order valence-corrected chi connectivity index (χ1v) is 16.1. The van der Waals surface area contributed by atoms with Crippen molar-refractivity contribution in [3.63, 3.8) is 0 Å². The van der Waals surface area contributed by atoms with Crippen LogP contribution in [-0.4, -0.2) is 41.6 Å². The average molecular weight is 649 g/mol. The van der Waals surface area contributed by atoms with Crippen LogP contribution in [0.1, 0.15) is 42.1 Å². The number of aliphatic hydroxyl groups excluding tert-OH is 1. The van der Waals surface area contributed by atoms with E-state index in [0.29, 0.717) is 58.7 Å². The Bertz CT molecular complexity index is 2040. The summed E-state index contributed by atoms with van der Waals surface area (Å²) in [6.45, 7) is 4.71. The largest absolute Gasteiger partial charge is 0.507 e. The number of anilines is 1. The molecule has 0 spiro atoms. The Morgan fingerprint density at radius 3 is 2.62 bits per heavy atom. The van der Waals surface area contributed by atoms with Gasteiger partial charge >= 0.3 is 5.91 Å². The van der Waals surface area contributed by atoms with Gasteiger partial charge in [0.25, 0.3) is 5.78 Å². The van der Waals surface area contributed by atoms with E-state index in [-0.39, 0.29) is 17.4 Å². The van der Waals surface area contributed by atoms with Gasteiger partial charge in [-0.05, 0) is 79.1 Å². The number of hydrogen-bond donors (Lipinski definition) is 1. The summed E-state index contributed by atoms with van der Waals surface area (Å²) in [5.74, 6) is 0.451. The summed E-state index contributed by atoms with van der Waals surface area (Å²) in [4.78, 5) is 33.9. The lowest BCUT2D eigenvalue weighted by atomic mass is 9.94. The van der Waals surface area contributed by atoms with E-state index in [1.165, 1.54) is 23.3 Å². The number of aromatic nitrogens is 1. The zero-order chi connectivity index (χ0) is 32.7. The Kier molecular flexibility index (Phi) is 8.03. The van der Waals surface area contributed by atoms with Gasteiger partial charge in [0.1, 0.15) is 30.0 Å². The molecule has 3 heterocycles. The molecule has 2 aliphatic heterocycles. The molecule has 10 heteroatoms. The quantitative estimate of drug-likeness (QED) is 0.101. The maximum Gasteiger partial charge on any atom is 0.301 e. The van der Waals surface area contributed by atoms with Crippen molar-refractivity contribution in [2.45, 2.75) is 39.0 Å². The fourth-order valence-corrected chi connectivity index (χ4v) is 7.05.